The van der Waals surface area contributed by atoms with Gasteiger partial charge in [-0.2, -0.15) is 0 Å². The van der Waals surface area contributed by atoms with Gasteiger partial charge in [-0.3, -0.25) is 4.79 Å². The summed E-state index contributed by atoms with van der Waals surface area (Å²) in [6, 6.07) is 3.51. The van der Waals surface area contributed by atoms with Crippen LogP contribution in [0.1, 0.15) is 32.3 Å². The van der Waals surface area contributed by atoms with Gasteiger partial charge in [-0.1, -0.05) is 30.1 Å². The summed E-state index contributed by atoms with van der Waals surface area (Å²) in [5.41, 5.74) is 0.923. The molecule has 5 heteroatoms. The van der Waals surface area contributed by atoms with Crippen molar-refractivity contribution in [2.75, 3.05) is 6.61 Å². The fraction of sp³-hybridized carbons (Fsp3) is 0.500. The topological polar surface area (TPSA) is 46.5 Å². The molecule has 0 saturated carbocycles. The molecule has 0 saturated heterocycles. The molecule has 0 amide bonds. The van der Waals surface area contributed by atoms with Crippen molar-refractivity contribution in [3.05, 3.63) is 27.7 Å². The number of carboxylic acid groups (broad SMARTS) is 1. The smallest absolute Gasteiger partial charge is 0.303 e. The fourth-order valence-electron chi connectivity index (χ4n) is 1.83. The molecule has 0 bridgehead atoms. The van der Waals surface area contributed by atoms with Crippen LogP contribution in [0.3, 0.4) is 0 Å². The van der Waals surface area contributed by atoms with Crippen LogP contribution in [0.25, 0.3) is 0 Å². The number of aliphatic carboxylic acids is 1. The Kier molecular flexibility index (Phi) is 6.46. The summed E-state index contributed by atoms with van der Waals surface area (Å²) in [5.74, 6) is -0.0845. The van der Waals surface area contributed by atoms with Crippen molar-refractivity contribution in [1.82, 2.24) is 0 Å². The van der Waals surface area contributed by atoms with Crippen molar-refractivity contribution < 1.29 is 14.6 Å². The average Bonchev–Trinajstić information content (AvgIpc) is 2.31. The Morgan fingerprint density at radius 1 is 1.37 bits per heavy atom. The number of benzene rings is 1. The highest BCUT2D eigenvalue weighted by atomic mass is 35.5. The maximum atomic E-state index is 10.6. The summed E-state index contributed by atoms with van der Waals surface area (Å²) in [5, 5.41) is 9.85. The van der Waals surface area contributed by atoms with Crippen LogP contribution in [-0.2, 0) is 11.2 Å². The summed E-state index contributed by atoms with van der Waals surface area (Å²) >= 11 is 12.3. The first kappa shape index (κ1) is 16.1. The van der Waals surface area contributed by atoms with Crippen LogP contribution in [0.4, 0.5) is 0 Å². The molecule has 1 atom stereocenters. The van der Waals surface area contributed by atoms with Gasteiger partial charge in [0.25, 0.3) is 0 Å². The molecular weight excluding hydrogens is 287 g/mol. The van der Waals surface area contributed by atoms with Gasteiger partial charge in [-0.25, -0.2) is 0 Å². The molecule has 0 fully saturated rings. The Labute approximate surface area is 123 Å². The predicted molar refractivity (Wildman–Crippen MR) is 77.4 cm³/mol. The Morgan fingerprint density at radius 2 is 2.05 bits per heavy atom. The van der Waals surface area contributed by atoms with Gasteiger partial charge < -0.3 is 9.84 Å². The third-order valence-electron chi connectivity index (χ3n) is 2.83. The Morgan fingerprint density at radius 3 is 2.63 bits per heavy atom. The number of hydrogen-bond donors (Lipinski definition) is 1. The molecule has 0 aliphatic carbocycles. The zero-order valence-corrected chi connectivity index (χ0v) is 12.6. The molecule has 106 valence electrons. The van der Waals surface area contributed by atoms with E-state index in [9.17, 15) is 4.79 Å². The van der Waals surface area contributed by atoms with Gasteiger partial charge in [0.2, 0.25) is 0 Å². The van der Waals surface area contributed by atoms with Gasteiger partial charge in [-0.05, 0) is 37.3 Å². The van der Waals surface area contributed by atoms with E-state index < -0.39 is 5.97 Å². The van der Waals surface area contributed by atoms with E-state index in [0.717, 1.165) is 12.0 Å². The lowest BCUT2D eigenvalue weighted by atomic mass is 9.98. The molecule has 19 heavy (non-hydrogen) atoms. The molecule has 1 aromatic carbocycles. The van der Waals surface area contributed by atoms with E-state index in [2.05, 4.69) is 0 Å². The van der Waals surface area contributed by atoms with Crippen LogP contribution in [0, 0.1) is 5.92 Å². The van der Waals surface area contributed by atoms with Crippen molar-refractivity contribution in [2.24, 2.45) is 5.92 Å². The molecular formula is C14H18Cl2O3. The molecule has 1 N–H and O–H groups in total. The first-order valence-electron chi connectivity index (χ1n) is 6.26. The molecule has 0 aliphatic rings. The van der Waals surface area contributed by atoms with Crippen LogP contribution in [0.5, 0.6) is 5.75 Å². The van der Waals surface area contributed by atoms with Gasteiger partial charge in [-0.15, -0.1) is 0 Å². The van der Waals surface area contributed by atoms with Crippen LogP contribution in [-0.4, -0.2) is 17.7 Å². The van der Waals surface area contributed by atoms with Crippen molar-refractivity contribution in [1.29, 1.82) is 0 Å². The molecule has 0 heterocycles. The van der Waals surface area contributed by atoms with E-state index in [1.807, 2.05) is 13.8 Å². The minimum Gasteiger partial charge on any atom is -0.492 e. The summed E-state index contributed by atoms with van der Waals surface area (Å²) in [6.07, 6.45) is 1.64. The number of carbonyl (C=O) groups is 1. The third kappa shape index (κ3) is 5.29. The van der Waals surface area contributed by atoms with E-state index in [1.165, 1.54) is 0 Å². The molecule has 0 spiro atoms. The number of carboxylic acids is 1. The molecule has 0 aliphatic heterocycles. The zero-order valence-electron chi connectivity index (χ0n) is 11.1. The quantitative estimate of drug-likeness (QED) is 0.810. The van der Waals surface area contributed by atoms with Crippen molar-refractivity contribution in [2.45, 2.75) is 33.1 Å². The van der Waals surface area contributed by atoms with Gasteiger partial charge in [0.15, 0.2) is 0 Å². The summed E-state index contributed by atoms with van der Waals surface area (Å²) in [6.45, 7) is 4.33. The fourth-order valence-corrected chi connectivity index (χ4v) is 2.32. The van der Waals surface area contributed by atoms with Crippen LogP contribution in [0.15, 0.2) is 12.1 Å². The second-order valence-electron chi connectivity index (χ2n) is 4.55. The lowest BCUT2D eigenvalue weighted by molar-refractivity contribution is -0.138. The van der Waals surface area contributed by atoms with Gasteiger partial charge >= 0.3 is 5.97 Å². The minimum absolute atomic E-state index is 0.110. The van der Waals surface area contributed by atoms with Gasteiger partial charge in [0, 0.05) is 17.5 Å². The Bertz CT molecular complexity index is 447. The zero-order chi connectivity index (χ0) is 14.4. The number of ether oxygens (including phenoxy) is 1. The van der Waals surface area contributed by atoms with E-state index >= 15 is 0 Å². The van der Waals surface area contributed by atoms with E-state index in [1.54, 1.807) is 12.1 Å². The number of hydrogen-bond acceptors (Lipinski definition) is 2. The van der Waals surface area contributed by atoms with Crippen molar-refractivity contribution >= 4 is 29.2 Å². The van der Waals surface area contributed by atoms with Crippen LogP contribution < -0.4 is 4.74 Å². The van der Waals surface area contributed by atoms with Gasteiger partial charge in [0.1, 0.15) is 5.75 Å². The maximum Gasteiger partial charge on any atom is 0.303 e. The van der Waals surface area contributed by atoms with Crippen molar-refractivity contribution in [3.8, 4) is 5.75 Å². The normalized spacial score (nSPS) is 12.2. The Hall–Kier alpha value is -0.930. The standard InChI is InChI=1S/C14H18Cl2O3/c1-3-19-13-8-11(15)10(7-12(13)16)5-4-9(2)6-14(17)18/h7-9H,3-6H2,1-2H3,(H,17,18). The van der Waals surface area contributed by atoms with E-state index in [0.29, 0.717) is 28.8 Å². The van der Waals surface area contributed by atoms with Crippen LogP contribution >= 0.6 is 23.2 Å². The monoisotopic (exact) mass is 304 g/mol. The first-order chi connectivity index (χ1) is 8.93. The highest BCUT2D eigenvalue weighted by Gasteiger charge is 2.11. The largest absolute Gasteiger partial charge is 0.492 e. The Balaban J connectivity index is 2.69. The molecule has 0 aromatic heterocycles. The third-order valence-corrected chi connectivity index (χ3v) is 3.48. The lowest BCUT2D eigenvalue weighted by Crippen LogP contribution is -2.05. The second-order valence-corrected chi connectivity index (χ2v) is 5.36. The van der Waals surface area contributed by atoms with E-state index in [4.69, 9.17) is 33.0 Å². The lowest BCUT2D eigenvalue weighted by Gasteiger charge is -2.12. The number of rotatable bonds is 7. The SMILES string of the molecule is CCOc1cc(Cl)c(CCC(C)CC(=O)O)cc1Cl. The molecule has 1 unspecified atom stereocenters. The number of halogens is 2. The highest BCUT2D eigenvalue weighted by Crippen LogP contribution is 2.32. The number of aryl methyl sites for hydroxylation is 1. The minimum atomic E-state index is -0.775. The first-order valence-corrected chi connectivity index (χ1v) is 7.02. The molecule has 1 rings (SSSR count). The van der Waals surface area contributed by atoms with Crippen LogP contribution in [0.2, 0.25) is 10.0 Å². The summed E-state index contributed by atoms with van der Waals surface area (Å²) < 4.78 is 5.36. The predicted octanol–water partition coefficient (Wildman–Crippen LogP) is 4.44. The van der Waals surface area contributed by atoms with Crippen molar-refractivity contribution in [3.63, 3.8) is 0 Å². The highest BCUT2D eigenvalue weighted by molar-refractivity contribution is 6.34. The maximum absolute atomic E-state index is 10.6. The average molecular weight is 305 g/mol. The molecule has 1 aromatic rings. The second kappa shape index (κ2) is 7.61. The van der Waals surface area contributed by atoms with Gasteiger partial charge in [0.05, 0.1) is 11.6 Å². The summed E-state index contributed by atoms with van der Waals surface area (Å²) in [7, 11) is 0. The summed E-state index contributed by atoms with van der Waals surface area (Å²) in [4.78, 5) is 10.6. The molecule has 0 radical (unpaired) electrons. The van der Waals surface area contributed by atoms with E-state index in [-0.39, 0.29) is 12.3 Å². The molecule has 3 nitrogen and oxygen atoms in total.